The molecule has 1 aromatic heterocycles. The first-order chi connectivity index (χ1) is 9.71. The Morgan fingerprint density at radius 3 is 2.52 bits per heavy atom. The molecule has 0 spiro atoms. The Balaban J connectivity index is 2.45. The van der Waals surface area contributed by atoms with Gasteiger partial charge in [0.15, 0.2) is 0 Å². The first-order valence-corrected chi connectivity index (χ1v) is 7.25. The summed E-state index contributed by atoms with van der Waals surface area (Å²) in [4.78, 5) is 24.4. The summed E-state index contributed by atoms with van der Waals surface area (Å²) < 4.78 is 2.47. The standard InChI is InChI=1S/C14H24N4O3/c1-5-6-18-11(15)10(12(20)17(4)13(18)21)16-8-7-9(19)14(8,2)3/h8-9,16,19H,5-7,15H2,1-4H3. The van der Waals surface area contributed by atoms with Crippen LogP contribution in [0.1, 0.15) is 33.6 Å². The van der Waals surface area contributed by atoms with Crippen molar-refractivity contribution in [2.75, 3.05) is 11.1 Å². The number of anilines is 2. The van der Waals surface area contributed by atoms with E-state index in [0.717, 1.165) is 11.0 Å². The average molecular weight is 296 g/mol. The fraction of sp³-hybridized carbons (Fsp3) is 0.714. The van der Waals surface area contributed by atoms with E-state index in [-0.39, 0.29) is 23.0 Å². The fourth-order valence-corrected chi connectivity index (χ4v) is 2.68. The van der Waals surface area contributed by atoms with Crippen LogP contribution in [0.4, 0.5) is 11.5 Å². The van der Waals surface area contributed by atoms with Gasteiger partial charge in [-0.25, -0.2) is 4.79 Å². The van der Waals surface area contributed by atoms with Gasteiger partial charge in [-0.3, -0.25) is 13.9 Å². The molecule has 0 aliphatic heterocycles. The second kappa shape index (κ2) is 5.22. The molecule has 0 bridgehead atoms. The predicted molar refractivity (Wildman–Crippen MR) is 82.5 cm³/mol. The predicted octanol–water partition coefficient (Wildman–Crippen LogP) is 0.111. The maximum Gasteiger partial charge on any atom is 0.332 e. The second-order valence-electron chi connectivity index (χ2n) is 6.33. The van der Waals surface area contributed by atoms with Crippen molar-refractivity contribution in [1.82, 2.24) is 9.13 Å². The molecular formula is C14H24N4O3. The number of aromatic nitrogens is 2. The number of nitrogens with zero attached hydrogens (tertiary/aromatic N) is 2. The van der Waals surface area contributed by atoms with Crippen molar-refractivity contribution in [3.8, 4) is 0 Å². The van der Waals surface area contributed by atoms with E-state index in [4.69, 9.17) is 5.73 Å². The molecule has 1 fully saturated rings. The molecule has 1 aliphatic rings. The molecule has 0 aromatic carbocycles. The van der Waals surface area contributed by atoms with Gasteiger partial charge in [-0.05, 0) is 12.8 Å². The van der Waals surface area contributed by atoms with E-state index < -0.39 is 17.4 Å². The molecule has 2 rings (SSSR count). The molecule has 0 radical (unpaired) electrons. The van der Waals surface area contributed by atoms with Gasteiger partial charge in [0, 0.05) is 25.0 Å². The van der Waals surface area contributed by atoms with Crippen molar-refractivity contribution in [3.05, 3.63) is 20.8 Å². The summed E-state index contributed by atoms with van der Waals surface area (Å²) >= 11 is 0. The number of aliphatic hydroxyl groups excluding tert-OH is 1. The molecule has 1 saturated carbocycles. The summed E-state index contributed by atoms with van der Waals surface area (Å²) in [7, 11) is 1.45. The number of rotatable bonds is 4. The Morgan fingerprint density at radius 1 is 1.43 bits per heavy atom. The van der Waals surface area contributed by atoms with Crippen LogP contribution in [0.3, 0.4) is 0 Å². The number of nitrogen functional groups attached to an aromatic ring is 1. The van der Waals surface area contributed by atoms with Crippen LogP contribution < -0.4 is 22.3 Å². The first kappa shape index (κ1) is 15.6. The van der Waals surface area contributed by atoms with Crippen LogP contribution >= 0.6 is 0 Å². The van der Waals surface area contributed by atoms with Crippen molar-refractivity contribution in [2.24, 2.45) is 12.5 Å². The van der Waals surface area contributed by atoms with E-state index in [9.17, 15) is 14.7 Å². The van der Waals surface area contributed by atoms with Gasteiger partial charge in [0.05, 0.1) is 6.10 Å². The normalized spacial score (nSPS) is 23.7. The molecule has 118 valence electrons. The molecule has 2 unspecified atom stereocenters. The highest BCUT2D eigenvalue weighted by Crippen LogP contribution is 2.42. The van der Waals surface area contributed by atoms with E-state index in [1.54, 1.807) is 0 Å². The van der Waals surface area contributed by atoms with E-state index >= 15 is 0 Å². The van der Waals surface area contributed by atoms with Gasteiger partial charge in [0.25, 0.3) is 5.56 Å². The van der Waals surface area contributed by atoms with Crippen LogP contribution in [0, 0.1) is 5.41 Å². The lowest BCUT2D eigenvalue weighted by atomic mass is 9.64. The molecule has 0 amide bonds. The summed E-state index contributed by atoms with van der Waals surface area (Å²) in [6, 6.07) is -0.0462. The third-order valence-electron chi connectivity index (χ3n) is 4.56. The largest absolute Gasteiger partial charge is 0.392 e. The van der Waals surface area contributed by atoms with Gasteiger partial charge in [-0.1, -0.05) is 20.8 Å². The summed E-state index contributed by atoms with van der Waals surface area (Å²) in [6.07, 6.45) is 0.902. The Hall–Kier alpha value is -1.76. The Kier molecular flexibility index (Phi) is 3.88. The fourth-order valence-electron chi connectivity index (χ4n) is 2.68. The second-order valence-corrected chi connectivity index (χ2v) is 6.33. The van der Waals surface area contributed by atoms with E-state index in [1.165, 1.54) is 11.6 Å². The molecule has 1 aromatic rings. The highest BCUT2D eigenvalue weighted by molar-refractivity contribution is 5.61. The summed E-state index contributed by atoms with van der Waals surface area (Å²) in [5, 5.41) is 12.9. The van der Waals surface area contributed by atoms with E-state index in [2.05, 4.69) is 5.32 Å². The third kappa shape index (κ3) is 2.35. The lowest BCUT2D eigenvalue weighted by Crippen LogP contribution is -2.57. The van der Waals surface area contributed by atoms with Crippen molar-refractivity contribution in [1.29, 1.82) is 0 Å². The van der Waals surface area contributed by atoms with Crippen LogP contribution in [-0.4, -0.2) is 26.4 Å². The van der Waals surface area contributed by atoms with Gasteiger partial charge >= 0.3 is 5.69 Å². The van der Waals surface area contributed by atoms with Crippen LogP contribution in [-0.2, 0) is 13.6 Å². The number of aliphatic hydroxyl groups is 1. The maximum atomic E-state index is 12.3. The minimum atomic E-state index is -0.429. The van der Waals surface area contributed by atoms with Crippen molar-refractivity contribution >= 4 is 11.5 Å². The molecule has 2 atom stereocenters. The minimum absolute atomic E-state index is 0.0462. The lowest BCUT2D eigenvalue weighted by molar-refractivity contribution is -0.0510. The summed E-state index contributed by atoms with van der Waals surface area (Å²) in [5.41, 5.74) is 5.10. The van der Waals surface area contributed by atoms with Gasteiger partial charge < -0.3 is 16.2 Å². The maximum absolute atomic E-state index is 12.3. The minimum Gasteiger partial charge on any atom is -0.392 e. The summed E-state index contributed by atoms with van der Waals surface area (Å²) in [6.45, 7) is 6.27. The van der Waals surface area contributed by atoms with Crippen molar-refractivity contribution < 1.29 is 5.11 Å². The smallest absolute Gasteiger partial charge is 0.332 e. The van der Waals surface area contributed by atoms with Crippen LogP contribution in [0.2, 0.25) is 0 Å². The molecule has 7 heteroatoms. The molecular weight excluding hydrogens is 272 g/mol. The molecule has 1 aliphatic carbocycles. The molecule has 1 heterocycles. The highest BCUT2D eigenvalue weighted by atomic mass is 16.3. The van der Waals surface area contributed by atoms with E-state index in [0.29, 0.717) is 13.0 Å². The highest BCUT2D eigenvalue weighted by Gasteiger charge is 2.47. The zero-order valence-corrected chi connectivity index (χ0v) is 13.0. The van der Waals surface area contributed by atoms with Gasteiger partial charge in [0.2, 0.25) is 0 Å². The Bertz CT molecular complexity index is 659. The molecule has 7 nitrogen and oxygen atoms in total. The molecule has 0 saturated heterocycles. The molecule has 21 heavy (non-hydrogen) atoms. The molecule has 4 N–H and O–H groups in total. The number of nitrogens with one attached hydrogen (secondary N) is 1. The van der Waals surface area contributed by atoms with Crippen LogP contribution in [0.25, 0.3) is 0 Å². The number of hydrogen-bond acceptors (Lipinski definition) is 5. The number of nitrogens with two attached hydrogens (primary N) is 1. The van der Waals surface area contributed by atoms with Crippen molar-refractivity contribution in [2.45, 2.75) is 52.3 Å². The van der Waals surface area contributed by atoms with Gasteiger partial charge in [-0.2, -0.15) is 0 Å². The Labute approximate surface area is 123 Å². The third-order valence-corrected chi connectivity index (χ3v) is 4.56. The van der Waals surface area contributed by atoms with Gasteiger partial charge in [0.1, 0.15) is 11.5 Å². The van der Waals surface area contributed by atoms with Crippen LogP contribution in [0.5, 0.6) is 0 Å². The SMILES string of the molecule is CCCn1c(N)c(NC2CC(O)C2(C)C)c(=O)n(C)c1=O. The Morgan fingerprint density at radius 2 is 2.05 bits per heavy atom. The summed E-state index contributed by atoms with van der Waals surface area (Å²) in [5.74, 6) is 0.169. The zero-order valence-electron chi connectivity index (χ0n) is 13.0. The zero-order chi connectivity index (χ0) is 15.9. The number of hydrogen-bond donors (Lipinski definition) is 3. The van der Waals surface area contributed by atoms with Crippen LogP contribution in [0.15, 0.2) is 9.59 Å². The topological polar surface area (TPSA) is 102 Å². The van der Waals surface area contributed by atoms with Crippen molar-refractivity contribution in [3.63, 3.8) is 0 Å². The van der Waals surface area contributed by atoms with E-state index in [1.807, 2.05) is 20.8 Å². The first-order valence-electron chi connectivity index (χ1n) is 7.25. The average Bonchev–Trinajstić information content (AvgIpc) is 2.44. The lowest BCUT2D eigenvalue weighted by Gasteiger charge is -2.49. The monoisotopic (exact) mass is 296 g/mol. The van der Waals surface area contributed by atoms with Gasteiger partial charge in [-0.15, -0.1) is 0 Å². The quantitative estimate of drug-likeness (QED) is 0.732.